The largest absolute Gasteiger partial charge is 0.469 e. The van der Waals surface area contributed by atoms with Crippen LogP contribution in [0.4, 0.5) is 0 Å². The Morgan fingerprint density at radius 3 is 2.38 bits per heavy atom. The summed E-state index contributed by atoms with van der Waals surface area (Å²) in [5.41, 5.74) is 0. The Morgan fingerprint density at radius 2 is 1.94 bits per heavy atom. The van der Waals surface area contributed by atoms with Crippen molar-refractivity contribution in [2.75, 3.05) is 12.9 Å². The monoisotopic (exact) mass is 251 g/mol. The lowest BCUT2D eigenvalue weighted by atomic mass is 10.3. The number of hydrogen-bond acceptors (Lipinski definition) is 5. The van der Waals surface area contributed by atoms with E-state index >= 15 is 0 Å². The van der Waals surface area contributed by atoms with Gasteiger partial charge in [0, 0.05) is 6.42 Å². The van der Waals surface area contributed by atoms with E-state index in [-0.39, 0.29) is 24.4 Å². The summed E-state index contributed by atoms with van der Waals surface area (Å²) in [6, 6.07) is -0.733. The third kappa shape index (κ3) is 6.52. The lowest BCUT2D eigenvalue weighted by Crippen LogP contribution is -2.38. The molecular formula is C9H17NO5S. The van der Waals surface area contributed by atoms with Crippen LogP contribution >= 0.6 is 0 Å². The van der Waals surface area contributed by atoms with E-state index in [2.05, 4.69) is 9.46 Å². The molecule has 6 nitrogen and oxygen atoms in total. The molecule has 0 heterocycles. The Kier molecular flexibility index (Phi) is 6.20. The van der Waals surface area contributed by atoms with Gasteiger partial charge in [0.15, 0.2) is 0 Å². The Bertz CT molecular complexity index is 349. The predicted octanol–water partition coefficient (Wildman–Crippen LogP) is -0.164. The van der Waals surface area contributed by atoms with Crippen molar-refractivity contribution in [2.24, 2.45) is 0 Å². The summed E-state index contributed by atoms with van der Waals surface area (Å²) in [4.78, 5) is 21.6. The average molecular weight is 251 g/mol. The van der Waals surface area contributed by atoms with Crippen LogP contribution in [0.2, 0.25) is 0 Å². The summed E-state index contributed by atoms with van der Waals surface area (Å²) in [5.74, 6) is -0.897. The average Bonchev–Trinajstić information content (AvgIpc) is 2.16. The Morgan fingerprint density at radius 1 is 1.38 bits per heavy atom. The van der Waals surface area contributed by atoms with E-state index in [4.69, 9.17) is 0 Å². The first-order chi connectivity index (χ1) is 7.28. The van der Waals surface area contributed by atoms with Crippen molar-refractivity contribution < 1.29 is 22.7 Å². The minimum Gasteiger partial charge on any atom is -0.469 e. The quantitative estimate of drug-likeness (QED) is 0.635. The van der Waals surface area contributed by atoms with E-state index < -0.39 is 22.0 Å². The zero-order chi connectivity index (χ0) is 12.8. The number of nitrogens with one attached hydrogen (secondary N) is 1. The van der Waals surface area contributed by atoms with Crippen molar-refractivity contribution in [1.82, 2.24) is 4.72 Å². The summed E-state index contributed by atoms with van der Waals surface area (Å²) >= 11 is 0. The molecule has 16 heavy (non-hydrogen) atoms. The molecule has 0 fully saturated rings. The maximum atomic E-state index is 11.4. The number of hydrogen-bond donors (Lipinski definition) is 1. The summed E-state index contributed by atoms with van der Waals surface area (Å²) in [7, 11) is -2.27. The van der Waals surface area contributed by atoms with E-state index in [1.54, 1.807) is 0 Å². The van der Waals surface area contributed by atoms with Gasteiger partial charge >= 0.3 is 5.97 Å². The molecule has 0 aliphatic rings. The number of esters is 1. The fraction of sp³-hybridized carbons (Fsp3) is 0.778. The Balaban J connectivity index is 4.07. The van der Waals surface area contributed by atoms with Crippen LogP contribution in [-0.4, -0.2) is 39.1 Å². The third-order valence-corrected chi connectivity index (χ3v) is 3.53. The zero-order valence-corrected chi connectivity index (χ0v) is 10.5. The lowest BCUT2D eigenvalue weighted by molar-refractivity contribution is -0.140. The molecule has 0 saturated heterocycles. The maximum Gasteiger partial charge on any atom is 0.305 e. The molecule has 0 saturated carbocycles. The number of Topliss-reactive ketones (excluding diaryl/α,β-unsaturated/α-hetero) is 1. The van der Waals surface area contributed by atoms with Gasteiger partial charge in [-0.05, 0) is 20.3 Å². The summed E-state index contributed by atoms with van der Waals surface area (Å²) < 4.78 is 29.4. The molecule has 7 heteroatoms. The number of methoxy groups -OCH3 is 1. The van der Waals surface area contributed by atoms with Gasteiger partial charge in [-0.3, -0.25) is 9.59 Å². The summed E-state index contributed by atoms with van der Waals surface area (Å²) in [6.07, 6.45) is 0.221. The molecule has 0 rings (SSSR count). The van der Waals surface area contributed by atoms with Crippen LogP contribution in [0.25, 0.3) is 0 Å². The summed E-state index contributed by atoms with van der Waals surface area (Å²) in [6.45, 7) is 2.78. The molecule has 1 atom stereocenters. The van der Waals surface area contributed by atoms with Gasteiger partial charge in [0.25, 0.3) is 0 Å². The SMILES string of the molecule is COC(=O)CCCS(=O)(=O)NC(C)C(C)=O. The molecular weight excluding hydrogens is 234 g/mol. The van der Waals surface area contributed by atoms with Crippen molar-refractivity contribution >= 4 is 21.8 Å². The van der Waals surface area contributed by atoms with E-state index in [0.29, 0.717) is 0 Å². The minimum atomic E-state index is -3.51. The van der Waals surface area contributed by atoms with Crippen molar-refractivity contribution in [2.45, 2.75) is 32.7 Å². The van der Waals surface area contributed by atoms with Gasteiger partial charge in [0.1, 0.15) is 5.78 Å². The third-order valence-electron chi connectivity index (χ3n) is 1.99. The van der Waals surface area contributed by atoms with Crippen molar-refractivity contribution in [3.05, 3.63) is 0 Å². The van der Waals surface area contributed by atoms with Gasteiger partial charge in [-0.15, -0.1) is 0 Å². The first-order valence-electron chi connectivity index (χ1n) is 4.86. The zero-order valence-electron chi connectivity index (χ0n) is 9.65. The Labute approximate surface area is 95.4 Å². The van der Waals surface area contributed by atoms with Gasteiger partial charge in [-0.2, -0.15) is 0 Å². The van der Waals surface area contributed by atoms with Crippen LogP contribution in [-0.2, 0) is 24.3 Å². The molecule has 0 aromatic heterocycles. The van der Waals surface area contributed by atoms with Crippen LogP contribution in [0.5, 0.6) is 0 Å². The highest BCUT2D eigenvalue weighted by Gasteiger charge is 2.17. The molecule has 0 aliphatic carbocycles. The first kappa shape index (κ1) is 15.0. The summed E-state index contributed by atoms with van der Waals surface area (Å²) in [5, 5.41) is 0. The predicted molar refractivity (Wildman–Crippen MR) is 58.3 cm³/mol. The second kappa shape index (κ2) is 6.59. The lowest BCUT2D eigenvalue weighted by Gasteiger charge is -2.10. The molecule has 94 valence electrons. The highest BCUT2D eigenvalue weighted by molar-refractivity contribution is 7.89. The molecule has 1 unspecified atom stereocenters. The standard InChI is InChI=1S/C9H17NO5S/c1-7(8(2)11)10-16(13,14)6-4-5-9(12)15-3/h7,10H,4-6H2,1-3H3. The number of sulfonamides is 1. The van der Waals surface area contributed by atoms with Crippen molar-refractivity contribution in [1.29, 1.82) is 0 Å². The second-order valence-corrected chi connectivity index (χ2v) is 5.32. The molecule has 0 aromatic rings. The fourth-order valence-electron chi connectivity index (χ4n) is 0.920. The smallest absolute Gasteiger partial charge is 0.305 e. The number of carbonyl (C=O) groups excluding carboxylic acids is 2. The van der Waals surface area contributed by atoms with Gasteiger partial charge < -0.3 is 4.74 Å². The van der Waals surface area contributed by atoms with Crippen LogP contribution in [0.15, 0.2) is 0 Å². The van der Waals surface area contributed by atoms with E-state index in [0.717, 1.165) is 0 Å². The molecule has 0 aliphatic heterocycles. The Hall–Kier alpha value is -0.950. The number of ketones is 1. The molecule has 0 bridgehead atoms. The molecule has 1 N–H and O–H groups in total. The van der Waals surface area contributed by atoms with Crippen molar-refractivity contribution in [3.63, 3.8) is 0 Å². The van der Waals surface area contributed by atoms with Crippen LogP contribution in [0, 0.1) is 0 Å². The highest BCUT2D eigenvalue weighted by Crippen LogP contribution is 1.98. The fourth-order valence-corrected chi connectivity index (χ4v) is 2.27. The van der Waals surface area contributed by atoms with Gasteiger partial charge in [0.05, 0.1) is 18.9 Å². The maximum absolute atomic E-state index is 11.4. The number of ether oxygens (including phenoxy) is 1. The highest BCUT2D eigenvalue weighted by atomic mass is 32.2. The van der Waals surface area contributed by atoms with E-state index in [9.17, 15) is 18.0 Å². The minimum absolute atomic E-state index is 0.0475. The van der Waals surface area contributed by atoms with Crippen molar-refractivity contribution in [3.8, 4) is 0 Å². The molecule has 0 aromatic carbocycles. The van der Waals surface area contributed by atoms with Crippen LogP contribution < -0.4 is 4.72 Å². The molecule has 0 amide bonds. The van der Waals surface area contributed by atoms with Gasteiger partial charge in [0.2, 0.25) is 10.0 Å². The number of carbonyl (C=O) groups is 2. The van der Waals surface area contributed by atoms with E-state index in [1.165, 1.54) is 21.0 Å². The topological polar surface area (TPSA) is 89.5 Å². The van der Waals surface area contributed by atoms with Crippen LogP contribution in [0.1, 0.15) is 26.7 Å². The van der Waals surface area contributed by atoms with Gasteiger partial charge in [-0.1, -0.05) is 0 Å². The molecule has 0 spiro atoms. The number of rotatable bonds is 7. The second-order valence-electron chi connectivity index (χ2n) is 3.45. The first-order valence-corrected chi connectivity index (χ1v) is 6.51. The van der Waals surface area contributed by atoms with Crippen LogP contribution in [0.3, 0.4) is 0 Å². The molecule has 0 radical (unpaired) electrons. The van der Waals surface area contributed by atoms with E-state index in [1.807, 2.05) is 0 Å². The normalized spacial score (nSPS) is 13.2. The van der Waals surface area contributed by atoms with Gasteiger partial charge in [-0.25, -0.2) is 13.1 Å².